The molecule has 0 radical (unpaired) electrons. The second-order valence-corrected chi connectivity index (χ2v) is 9.59. The van der Waals surface area contributed by atoms with Crippen molar-refractivity contribution in [2.24, 2.45) is 0 Å². The summed E-state index contributed by atoms with van der Waals surface area (Å²) in [7, 11) is -3.27. The number of rotatable bonds is 5. The zero-order valence-corrected chi connectivity index (χ0v) is 16.7. The van der Waals surface area contributed by atoms with Gasteiger partial charge in [0.05, 0.1) is 28.5 Å². The van der Waals surface area contributed by atoms with E-state index in [1.54, 1.807) is 17.0 Å². The summed E-state index contributed by atoms with van der Waals surface area (Å²) in [6, 6.07) is 12.4. The van der Waals surface area contributed by atoms with Crippen molar-refractivity contribution < 1.29 is 18.1 Å². The quantitative estimate of drug-likeness (QED) is 0.425. The summed E-state index contributed by atoms with van der Waals surface area (Å²) in [5.74, 6) is -0.174. The molecular weight excluding hydrogens is 394 g/mol. The Kier molecular flexibility index (Phi) is 4.77. The molecule has 2 aromatic rings. The number of anilines is 1. The Labute approximate surface area is 168 Å². The third kappa shape index (κ3) is 3.57. The first-order chi connectivity index (χ1) is 13.8. The van der Waals surface area contributed by atoms with Gasteiger partial charge >= 0.3 is 6.03 Å². The summed E-state index contributed by atoms with van der Waals surface area (Å²) >= 11 is 0. The van der Waals surface area contributed by atoms with Gasteiger partial charge in [0.2, 0.25) is 0 Å². The molecule has 0 aliphatic carbocycles. The van der Waals surface area contributed by atoms with Crippen LogP contribution in [0, 0.1) is 10.1 Å². The van der Waals surface area contributed by atoms with Crippen LogP contribution in [0.25, 0.3) is 0 Å². The molecule has 2 saturated heterocycles. The van der Waals surface area contributed by atoms with E-state index in [9.17, 15) is 23.3 Å². The van der Waals surface area contributed by atoms with Crippen LogP contribution in [0.2, 0.25) is 0 Å². The van der Waals surface area contributed by atoms with Crippen molar-refractivity contribution in [3.05, 3.63) is 69.8 Å². The summed E-state index contributed by atoms with van der Waals surface area (Å²) in [4.78, 5) is 26.9. The minimum Gasteiger partial charge on any atom is -0.314 e. The lowest BCUT2D eigenvalue weighted by Crippen LogP contribution is -2.37. The highest BCUT2D eigenvalue weighted by molar-refractivity contribution is 7.91. The van der Waals surface area contributed by atoms with Crippen molar-refractivity contribution in [1.82, 2.24) is 4.90 Å². The summed E-state index contributed by atoms with van der Waals surface area (Å²) in [5, 5.41) is 11.0. The van der Waals surface area contributed by atoms with E-state index >= 15 is 0 Å². The van der Waals surface area contributed by atoms with Gasteiger partial charge in [-0.05, 0) is 29.7 Å². The molecule has 0 N–H and O–H groups in total. The Bertz CT molecular complexity index is 1070. The average Bonchev–Trinajstić information content (AvgIpc) is 3.12. The van der Waals surface area contributed by atoms with E-state index in [1.807, 2.05) is 31.2 Å². The highest BCUT2D eigenvalue weighted by atomic mass is 32.2. The van der Waals surface area contributed by atoms with Gasteiger partial charge in [-0.15, -0.1) is 0 Å². The number of benzene rings is 2. The Morgan fingerprint density at radius 3 is 2.41 bits per heavy atom. The molecule has 2 heterocycles. The summed E-state index contributed by atoms with van der Waals surface area (Å²) in [5.41, 5.74) is 2.33. The summed E-state index contributed by atoms with van der Waals surface area (Å²) < 4.78 is 24.6. The standard InChI is InChI=1S/C20H21N3O5S/c1-2-14-6-8-16(9-7-14)22-19-13-29(27,28)12-18(19)21(20(22)24)11-15-4-3-5-17(10-15)23(25)26/h3-10,18-19H,2,11-13H2,1H3/t18-,19-/m1/s1. The smallest absolute Gasteiger partial charge is 0.314 e. The van der Waals surface area contributed by atoms with E-state index in [4.69, 9.17) is 0 Å². The number of nitrogens with zero attached hydrogens (tertiary/aromatic N) is 3. The minimum absolute atomic E-state index is 0.0586. The molecule has 4 rings (SSSR count). The van der Waals surface area contributed by atoms with Crippen molar-refractivity contribution in [3.63, 3.8) is 0 Å². The number of carbonyl (C=O) groups excluding carboxylic acids is 1. The van der Waals surface area contributed by atoms with Gasteiger partial charge in [-0.2, -0.15) is 0 Å². The number of fused-ring (bicyclic) bond motifs is 1. The fourth-order valence-electron chi connectivity index (χ4n) is 4.12. The number of non-ortho nitro benzene ring substituents is 1. The minimum atomic E-state index is -3.27. The van der Waals surface area contributed by atoms with E-state index < -0.39 is 26.8 Å². The van der Waals surface area contributed by atoms with E-state index in [0.717, 1.165) is 12.0 Å². The lowest BCUT2D eigenvalue weighted by atomic mass is 10.1. The second kappa shape index (κ2) is 7.14. The third-order valence-corrected chi connectivity index (χ3v) is 7.27. The maximum absolute atomic E-state index is 13.2. The van der Waals surface area contributed by atoms with E-state index in [0.29, 0.717) is 11.3 Å². The van der Waals surface area contributed by atoms with Gasteiger partial charge in [-0.1, -0.05) is 31.2 Å². The molecule has 2 aliphatic rings. The van der Waals surface area contributed by atoms with Crippen molar-refractivity contribution in [2.75, 3.05) is 16.4 Å². The van der Waals surface area contributed by atoms with Gasteiger partial charge in [0, 0.05) is 24.4 Å². The molecule has 2 aromatic carbocycles. The van der Waals surface area contributed by atoms with Gasteiger partial charge in [0.1, 0.15) is 0 Å². The number of hydrogen-bond acceptors (Lipinski definition) is 5. The molecule has 0 saturated carbocycles. The molecule has 0 unspecified atom stereocenters. The maximum Gasteiger partial charge on any atom is 0.325 e. The average molecular weight is 415 g/mol. The normalized spacial score (nSPS) is 22.7. The molecule has 0 bridgehead atoms. The number of carbonyl (C=O) groups is 1. The van der Waals surface area contributed by atoms with Crippen LogP contribution in [0.5, 0.6) is 0 Å². The van der Waals surface area contributed by atoms with E-state index in [2.05, 4.69) is 0 Å². The predicted molar refractivity (Wildman–Crippen MR) is 109 cm³/mol. The fourth-order valence-corrected chi connectivity index (χ4v) is 6.07. The summed E-state index contributed by atoms with van der Waals surface area (Å²) in [6.45, 7) is 2.16. The molecule has 0 aromatic heterocycles. The molecule has 29 heavy (non-hydrogen) atoms. The number of hydrogen-bond donors (Lipinski definition) is 0. The molecule has 152 valence electrons. The summed E-state index contributed by atoms with van der Waals surface area (Å²) in [6.07, 6.45) is 0.869. The molecule has 8 nitrogen and oxygen atoms in total. The Balaban J connectivity index is 1.68. The third-order valence-electron chi connectivity index (χ3n) is 5.57. The molecule has 2 fully saturated rings. The Hall–Kier alpha value is -2.94. The number of nitro groups is 1. The lowest BCUT2D eigenvalue weighted by Gasteiger charge is -2.23. The monoisotopic (exact) mass is 415 g/mol. The lowest BCUT2D eigenvalue weighted by molar-refractivity contribution is -0.384. The molecule has 9 heteroatoms. The van der Waals surface area contributed by atoms with Crippen LogP contribution in [0.4, 0.5) is 16.2 Å². The highest BCUT2D eigenvalue weighted by Gasteiger charge is 2.53. The van der Waals surface area contributed by atoms with Crippen molar-refractivity contribution in [3.8, 4) is 0 Å². The zero-order chi connectivity index (χ0) is 20.8. The molecule has 0 spiro atoms. The van der Waals surface area contributed by atoms with Crippen LogP contribution in [0.3, 0.4) is 0 Å². The molecule has 2 aliphatic heterocycles. The van der Waals surface area contributed by atoms with Gasteiger partial charge < -0.3 is 4.90 Å². The topological polar surface area (TPSA) is 101 Å². The Morgan fingerprint density at radius 1 is 1.07 bits per heavy atom. The van der Waals surface area contributed by atoms with Crippen LogP contribution < -0.4 is 4.90 Å². The van der Waals surface area contributed by atoms with E-state index in [1.165, 1.54) is 17.0 Å². The number of urea groups is 1. The SMILES string of the molecule is CCc1ccc(N2C(=O)N(Cc3cccc([N+](=O)[O-])c3)[C@@H]3CS(=O)(=O)C[C@H]32)cc1. The van der Waals surface area contributed by atoms with Gasteiger partial charge in [0.15, 0.2) is 9.84 Å². The Morgan fingerprint density at radius 2 is 1.76 bits per heavy atom. The predicted octanol–water partition coefficient (Wildman–Crippen LogP) is 2.77. The van der Waals surface area contributed by atoms with Crippen molar-refractivity contribution in [1.29, 1.82) is 0 Å². The van der Waals surface area contributed by atoms with Crippen molar-refractivity contribution in [2.45, 2.75) is 32.0 Å². The van der Waals surface area contributed by atoms with E-state index in [-0.39, 0.29) is 29.8 Å². The van der Waals surface area contributed by atoms with Gasteiger partial charge in [-0.3, -0.25) is 15.0 Å². The largest absolute Gasteiger partial charge is 0.325 e. The first-order valence-electron chi connectivity index (χ1n) is 9.41. The fraction of sp³-hybridized carbons (Fsp3) is 0.350. The first kappa shape index (κ1) is 19.4. The van der Waals surface area contributed by atoms with Crippen LogP contribution >= 0.6 is 0 Å². The van der Waals surface area contributed by atoms with Crippen LogP contribution in [0.1, 0.15) is 18.1 Å². The maximum atomic E-state index is 13.2. The number of sulfone groups is 1. The van der Waals surface area contributed by atoms with Crippen LogP contribution in [-0.4, -0.2) is 47.9 Å². The number of amides is 2. The van der Waals surface area contributed by atoms with Gasteiger partial charge in [0.25, 0.3) is 5.69 Å². The highest BCUT2D eigenvalue weighted by Crippen LogP contribution is 2.36. The molecule has 2 amide bonds. The van der Waals surface area contributed by atoms with Crippen molar-refractivity contribution >= 4 is 27.2 Å². The molecule has 2 atom stereocenters. The zero-order valence-electron chi connectivity index (χ0n) is 15.9. The van der Waals surface area contributed by atoms with Crippen LogP contribution in [0.15, 0.2) is 48.5 Å². The molecular formula is C20H21N3O5S. The first-order valence-corrected chi connectivity index (χ1v) is 11.2. The van der Waals surface area contributed by atoms with Crippen LogP contribution in [-0.2, 0) is 22.8 Å². The second-order valence-electron chi connectivity index (χ2n) is 7.44. The number of nitro benzene ring substituents is 1. The van der Waals surface area contributed by atoms with Gasteiger partial charge in [-0.25, -0.2) is 13.2 Å². The number of aryl methyl sites for hydroxylation is 1.